The van der Waals surface area contributed by atoms with Crippen LogP contribution in [0.2, 0.25) is 0 Å². The molecule has 1 aromatic carbocycles. The van der Waals surface area contributed by atoms with Gasteiger partial charge in [0.05, 0.1) is 17.3 Å². The third kappa shape index (κ3) is 5.24. The van der Waals surface area contributed by atoms with Gasteiger partial charge in [0.2, 0.25) is 0 Å². The first-order valence-corrected chi connectivity index (χ1v) is 7.96. The molecular formula is C16H17BrN4O3. The number of benzene rings is 1. The molecule has 0 aliphatic carbocycles. The number of aromatic nitrogens is 1. The molecule has 0 fully saturated rings. The second-order valence-electron chi connectivity index (χ2n) is 4.72. The highest BCUT2D eigenvalue weighted by atomic mass is 79.9. The number of methoxy groups -OCH3 is 1. The minimum atomic E-state index is -0.361. The van der Waals surface area contributed by atoms with Crippen LogP contribution < -0.4 is 20.7 Å². The second-order valence-corrected chi connectivity index (χ2v) is 5.58. The predicted octanol–water partition coefficient (Wildman–Crippen LogP) is 2.40. The molecule has 8 heteroatoms. The molecule has 1 heterocycles. The van der Waals surface area contributed by atoms with E-state index in [0.29, 0.717) is 34.6 Å². The lowest BCUT2D eigenvalue weighted by atomic mass is 10.2. The van der Waals surface area contributed by atoms with Gasteiger partial charge in [-0.2, -0.15) is 0 Å². The van der Waals surface area contributed by atoms with Crippen molar-refractivity contribution < 1.29 is 14.3 Å². The van der Waals surface area contributed by atoms with E-state index in [4.69, 9.17) is 4.74 Å². The monoisotopic (exact) mass is 392 g/mol. The molecule has 3 amide bonds. The van der Waals surface area contributed by atoms with E-state index in [1.807, 2.05) is 0 Å². The highest BCUT2D eigenvalue weighted by Crippen LogP contribution is 2.19. The molecule has 2 rings (SSSR count). The van der Waals surface area contributed by atoms with Crippen molar-refractivity contribution in [2.75, 3.05) is 25.5 Å². The van der Waals surface area contributed by atoms with Gasteiger partial charge < -0.3 is 20.7 Å². The van der Waals surface area contributed by atoms with Crippen LogP contribution in [0.3, 0.4) is 0 Å². The van der Waals surface area contributed by atoms with Crippen molar-refractivity contribution in [2.45, 2.75) is 0 Å². The maximum atomic E-state index is 11.9. The lowest BCUT2D eigenvalue weighted by molar-refractivity contribution is 0.0954. The smallest absolute Gasteiger partial charge is 0.319 e. The molecule has 0 saturated heterocycles. The van der Waals surface area contributed by atoms with Crippen LogP contribution in [-0.4, -0.2) is 37.1 Å². The Labute approximate surface area is 147 Å². The zero-order chi connectivity index (χ0) is 17.4. The highest BCUT2D eigenvalue weighted by Gasteiger charge is 2.06. The first-order valence-electron chi connectivity index (χ1n) is 7.17. The van der Waals surface area contributed by atoms with E-state index in [1.165, 1.54) is 0 Å². The van der Waals surface area contributed by atoms with Gasteiger partial charge in [0.15, 0.2) is 0 Å². The van der Waals surface area contributed by atoms with E-state index in [1.54, 1.807) is 49.8 Å². The van der Waals surface area contributed by atoms with E-state index in [0.717, 1.165) is 0 Å². The number of halogens is 1. The van der Waals surface area contributed by atoms with Crippen LogP contribution in [0.5, 0.6) is 5.75 Å². The lowest BCUT2D eigenvalue weighted by Gasteiger charge is -2.09. The van der Waals surface area contributed by atoms with Crippen LogP contribution in [-0.2, 0) is 0 Å². The minimum Gasteiger partial charge on any atom is -0.497 e. The number of anilines is 1. The van der Waals surface area contributed by atoms with Crippen molar-refractivity contribution in [1.29, 1.82) is 0 Å². The zero-order valence-corrected chi connectivity index (χ0v) is 14.6. The van der Waals surface area contributed by atoms with Gasteiger partial charge >= 0.3 is 6.03 Å². The number of carbonyl (C=O) groups is 2. The second kappa shape index (κ2) is 8.88. The molecule has 3 N–H and O–H groups in total. The maximum absolute atomic E-state index is 11.9. The maximum Gasteiger partial charge on any atom is 0.319 e. The van der Waals surface area contributed by atoms with Crippen LogP contribution in [0.15, 0.2) is 47.2 Å². The number of amides is 3. The fraction of sp³-hybridized carbons (Fsp3) is 0.188. The number of carbonyl (C=O) groups excluding carboxylic acids is 2. The number of hydrogen-bond acceptors (Lipinski definition) is 4. The molecule has 0 spiro atoms. The van der Waals surface area contributed by atoms with Crippen LogP contribution in [0.25, 0.3) is 0 Å². The molecule has 0 radical (unpaired) electrons. The van der Waals surface area contributed by atoms with E-state index < -0.39 is 0 Å². The number of ether oxygens (including phenoxy) is 1. The summed E-state index contributed by atoms with van der Waals surface area (Å²) in [5.74, 6) is 0.476. The topological polar surface area (TPSA) is 92.4 Å². The molecule has 2 aromatic rings. The number of nitrogens with one attached hydrogen (secondary N) is 3. The number of nitrogens with zero attached hydrogens (tertiary/aromatic N) is 1. The Morgan fingerprint density at radius 1 is 1.12 bits per heavy atom. The van der Waals surface area contributed by atoms with Gasteiger partial charge in [0.1, 0.15) is 5.75 Å². The molecule has 0 atom stereocenters. The lowest BCUT2D eigenvalue weighted by Crippen LogP contribution is -2.36. The summed E-state index contributed by atoms with van der Waals surface area (Å²) in [6.07, 6.45) is 3.17. The van der Waals surface area contributed by atoms with E-state index >= 15 is 0 Å². The van der Waals surface area contributed by atoms with Gasteiger partial charge in [-0.1, -0.05) is 0 Å². The van der Waals surface area contributed by atoms with Gasteiger partial charge in [0, 0.05) is 31.0 Å². The summed E-state index contributed by atoms with van der Waals surface area (Å²) in [5, 5.41) is 8.06. The largest absolute Gasteiger partial charge is 0.497 e. The molecule has 7 nitrogen and oxygen atoms in total. The van der Waals surface area contributed by atoms with Crippen molar-refractivity contribution in [3.05, 3.63) is 52.8 Å². The van der Waals surface area contributed by atoms with E-state index in [9.17, 15) is 9.59 Å². The Kier molecular flexibility index (Phi) is 6.56. The molecule has 0 unspecified atom stereocenters. The summed E-state index contributed by atoms with van der Waals surface area (Å²) in [5.41, 5.74) is 1.14. The fourth-order valence-corrected chi connectivity index (χ4v) is 2.19. The summed E-state index contributed by atoms with van der Waals surface area (Å²) in [6, 6.07) is 8.10. The number of rotatable bonds is 6. The Hall–Kier alpha value is -2.61. The van der Waals surface area contributed by atoms with Crippen molar-refractivity contribution in [2.24, 2.45) is 0 Å². The summed E-state index contributed by atoms with van der Waals surface area (Å²) in [7, 11) is 1.57. The van der Waals surface area contributed by atoms with Gasteiger partial charge in [-0.05, 0) is 46.3 Å². The van der Waals surface area contributed by atoms with Gasteiger partial charge in [-0.25, -0.2) is 4.79 Å². The van der Waals surface area contributed by atoms with Gasteiger partial charge in [0.25, 0.3) is 5.91 Å². The third-order valence-corrected chi connectivity index (χ3v) is 3.70. The quantitative estimate of drug-likeness (QED) is 0.658. The number of urea groups is 1. The fourth-order valence-electron chi connectivity index (χ4n) is 1.84. The predicted molar refractivity (Wildman–Crippen MR) is 94.3 cm³/mol. The van der Waals surface area contributed by atoms with Crippen molar-refractivity contribution in [3.63, 3.8) is 0 Å². The normalized spacial score (nSPS) is 9.92. The first-order chi connectivity index (χ1) is 11.6. The van der Waals surface area contributed by atoms with Gasteiger partial charge in [-0.3, -0.25) is 9.78 Å². The van der Waals surface area contributed by atoms with Crippen molar-refractivity contribution in [3.8, 4) is 5.75 Å². The summed E-state index contributed by atoms with van der Waals surface area (Å²) >= 11 is 3.29. The van der Waals surface area contributed by atoms with Crippen LogP contribution in [0.4, 0.5) is 10.5 Å². The molecule has 24 heavy (non-hydrogen) atoms. The number of pyridine rings is 1. The first kappa shape index (κ1) is 17.7. The molecule has 0 aliphatic heterocycles. The van der Waals surface area contributed by atoms with Crippen LogP contribution in [0, 0.1) is 0 Å². The minimum absolute atomic E-state index is 0.211. The van der Waals surface area contributed by atoms with Crippen LogP contribution in [0.1, 0.15) is 10.4 Å². The summed E-state index contributed by atoms with van der Waals surface area (Å²) < 4.78 is 5.73. The van der Waals surface area contributed by atoms with E-state index in [2.05, 4.69) is 36.9 Å². The molecule has 0 saturated carbocycles. The van der Waals surface area contributed by atoms with Crippen molar-refractivity contribution >= 4 is 33.6 Å². The molecular weight excluding hydrogens is 376 g/mol. The SMILES string of the molecule is COc1ccc(C(=O)NCCNC(=O)Nc2ccncc2Br)cc1. The van der Waals surface area contributed by atoms with Gasteiger partial charge in [-0.15, -0.1) is 0 Å². The average molecular weight is 393 g/mol. The average Bonchev–Trinajstić information content (AvgIpc) is 2.60. The van der Waals surface area contributed by atoms with Crippen molar-refractivity contribution in [1.82, 2.24) is 15.6 Å². The molecule has 1 aromatic heterocycles. The standard InChI is InChI=1S/C16H17BrN4O3/c1-24-12-4-2-11(3-5-12)15(22)19-8-9-20-16(23)21-14-6-7-18-10-13(14)17/h2-7,10H,8-9H2,1H3,(H,19,22)(H2,18,20,21,23). The number of hydrogen-bond donors (Lipinski definition) is 3. The Bertz CT molecular complexity index is 707. The summed E-state index contributed by atoms with van der Waals surface area (Å²) in [4.78, 5) is 27.6. The Balaban J connectivity index is 1.71. The highest BCUT2D eigenvalue weighted by molar-refractivity contribution is 9.10. The third-order valence-electron chi connectivity index (χ3n) is 3.07. The zero-order valence-electron chi connectivity index (χ0n) is 13.0. The molecule has 126 valence electrons. The summed E-state index contributed by atoms with van der Waals surface area (Å²) in [6.45, 7) is 0.617. The molecule has 0 bridgehead atoms. The Morgan fingerprint density at radius 3 is 2.50 bits per heavy atom. The van der Waals surface area contributed by atoms with E-state index in [-0.39, 0.29) is 11.9 Å². The Morgan fingerprint density at radius 2 is 1.83 bits per heavy atom. The van der Waals surface area contributed by atoms with Crippen LogP contribution >= 0.6 is 15.9 Å². The molecule has 0 aliphatic rings.